The Morgan fingerprint density at radius 1 is 1.60 bits per heavy atom. The summed E-state index contributed by atoms with van der Waals surface area (Å²) in [4.78, 5) is 13.2. The van der Waals surface area contributed by atoms with E-state index in [1.54, 1.807) is 0 Å². The van der Waals surface area contributed by atoms with Gasteiger partial charge in [-0.3, -0.25) is 4.90 Å². The zero-order valence-electron chi connectivity index (χ0n) is 9.41. The second kappa shape index (κ2) is 4.49. The molecule has 1 atom stereocenters. The first-order valence-corrected chi connectivity index (χ1v) is 5.04. The van der Waals surface area contributed by atoms with Gasteiger partial charge in [-0.2, -0.15) is 5.26 Å². The molecule has 1 rings (SSSR count). The van der Waals surface area contributed by atoms with Crippen LogP contribution in [-0.4, -0.2) is 42.3 Å². The number of carbonyl (C=O) groups excluding carboxylic acids is 1. The number of nitrogens with zero attached hydrogens (tertiary/aromatic N) is 2. The van der Waals surface area contributed by atoms with Crippen molar-refractivity contribution in [3.63, 3.8) is 0 Å². The lowest BCUT2D eigenvalue weighted by molar-refractivity contribution is 0.0174. The van der Waals surface area contributed by atoms with E-state index in [1.807, 2.05) is 20.8 Å². The van der Waals surface area contributed by atoms with Gasteiger partial charge in [-0.1, -0.05) is 0 Å². The highest BCUT2D eigenvalue weighted by Gasteiger charge is 2.29. The molecule has 1 aliphatic heterocycles. The summed E-state index contributed by atoms with van der Waals surface area (Å²) in [7, 11) is 0. The minimum Gasteiger partial charge on any atom is -0.444 e. The number of nitrogens with one attached hydrogen (secondary N) is 1. The predicted molar refractivity (Wildman–Crippen MR) is 55.2 cm³/mol. The van der Waals surface area contributed by atoms with E-state index in [-0.39, 0.29) is 0 Å². The average Bonchev–Trinajstić information content (AvgIpc) is 2.15. The molecule has 5 nitrogen and oxygen atoms in total. The van der Waals surface area contributed by atoms with Gasteiger partial charge < -0.3 is 10.1 Å². The standard InChI is InChI=1S/C10H17N3O2/c1-10(2,3)15-9(14)13-5-4-12-7-8(13)6-11/h8,12H,4-5,7H2,1-3H3. The van der Waals surface area contributed by atoms with Crippen molar-refractivity contribution in [2.45, 2.75) is 32.4 Å². The Labute approximate surface area is 90.0 Å². The van der Waals surface area contributed by atoms with E-state index >= 15 is 0 Å². The number of piperazine rings is 1. The Morgan fingerprint density at radius 3 is 2.80 bits per heavy atom. The Morgan fingerprint density at radius 2 is 2.27 bits per heavy atom. The van der Waals surface area contributed by atoms with Crippen LogP contribution in [-0.2, 0) is 4.74 Å². The van der Waals surface area contributed by atoms with E-state index in [1.165, 1.54) is 4.90 Å². The van der Waals surface area contributed by atoms with Crippen LogP contribution in [0, 0.1) is 11.3 Å². The summed E-state index contributed by atoms with van der Waals surface area (Å²) in [5.74, 6) is 0. The fraction of sp³-hybridized carbons (Fsp3) is 0.800. The van der Waals surface area contributed by atoms with Gasteiger partial charge in [-0.15, -0.1) is 0 Å². The van der Waals surface area contributed by atoms with Crippen molar-refractivity contribution in [2.24, 2.45) is 0 Å². The molecule has 1 amide bonds. The highest BCUT2D eigenvalue weighted by atomic mass is 16.6. The molecule has 5 heteroatoms. The molecule has 15 heavy (non-hydrogen) atoms. The van der Waals surface area contributed by atoms with Crippen LogP contribution in [0.4, 0.5) is 4.79 Å². The molecule has 1 saturated heterocycles. The molecule has 0 saturated carbocycles. The Hall–Kier alpha value is -1.28. The summed E-state index contributed by atoms with van der Waals surface area (Å²) < 4.78 is 5.22. The van der Waals surface area contributed by atoms with Crippen LogP contribution in [0.5, 0.6) is 0 Å². The van der Waals surface area contributed by atoms with Crippen LogP contribution in [0.3, 0.4) is 0 Å². The number of hydrogen-bond donors (Lipinski definition) is 1. The third-order valence-electron chi connectivity index (χ3n) is 2.02. The molecule has 0 spiro atoms. The van der Waals surface area contributed by atoms with E-state index in [0.29, 0.717) is 19.6 Å². The van der Waals surface area contributed by atoms with E-state index in [0.717, 1.165) is 0 Å². The van der Waals surface area contributed by atoms with Gasteiger partial charge in [0.1, 0.15) is 11.6 Å². The quantitative estimate of drug-likeness (QED) is 0.641. The Kier molecular flexibility index (Phi) is 3.53. The highest BCUT2D eigenvalue weighted by molar-refractivity contribution is 5.69. The van der Waals surface area contributed by atoms with Gasteiger partial charge >= 0.3 is 6.09 Å². The molecule has 0 aliphatic carbocycles. The van der Waals surface area contributed by atoms with Crippen molar-refractivity contribution < 1.29 is 9.53 Å². The fourth-order valence-electron chi connectivity index (χ4n) is 1.36. The largest absolute Gasteiger partial charge is 0.444 e. The maximum atomic E-state index is 11.7. The van der Waals surface area contributed by atoms with E-state index in [9.17, 15) is 4.79 Å². The lowest BCUT2D eigenvalue weighted by Gasteiger charge is -2.33. The molecule has 1 heterocycles. The third kappa shape index (κ3) is 3.40. The van der Waals surface area contributed by atoms with Crippen molar-refractivity contribution >= 4 is 6.09 Å². The van der Waals surface area contributed by atoms with Crippen LogP contribution in [0.15, 0.2) is 0 Å². The van der Waals surface area contributed by atoms with E-state index in [4.69, 9.17) is 10.00 Å². The van der Waals surface area contributed by atoms with Gasteiger partial charge in [0, 0.05) is 19.6 Å². The normalized spacial score (nSPS) is 22.0. The number of hydrogen-bond acceptors (Lipinski definition) is 4. The first kappa shape index (κ1) is 11.8. The summed E-state index contributed by atoms with van der Waals surface area (Å²) >= 11 is 0. The molecule has 1 unspecified atom stereocenters. The smallest absolute Gasteiger partial charge is 0.411 e. The Balaban J connectivity index is 2.61. The van der Waals surface area contributed by atoms with Crippen molar-refractivity contribution in [3.8, 4) is 6.07 Å². The number of nitriles is 1. The zero-order chi connectivity index (χ0) is 11.5. The number of amides is 1. The molecule has 0 aromatic rings. The summed E-state index contributed by atoms with van der Waals surface area (Å²) in [6.07, 6.45) is -0.407. The van der Waals surface area contributed by atoms with Gasteiger partial charge in [-0.05, 0) is 20.8 Å². The van der Waals surface area contributed by atoms with E-state index in [2.05, 4.69) is 11.4 Å². The Bertz CT molecular complexity index is 277. The first-order chi connectivity index (χ1) is 6.94. The second-order valence-electron chi connectivity index (χ2n) is 4.52. The molecule has 0 bridgehead atoms. The van der Waals surface area contributed by atoms with Crippen molar-refractivity contribution in [1.82, 2.24) is 10.2 Å². The zero-order valence-corrected chi connectivity index (χ0v) is 9.41. The molecule has 1 N–H and O–H groups in total. The summed E-state index contributed by atoms with van der Waals surface area (Å²) in [5, 5.41) is 11.9. The summed E-state index contributed by atoms with van der Waals surface area (Å²) in [5.41, 5.74) is -0.512. The molecular weight excluding hydrogens is 194 g/mol. The third-order valence-corrected chi connectivity index (χ3v) is 2.02. The fourth-order valence-corrected chi connectivity index (χ4v) is 1.36. The van der Waals surface area contributed by atoms with Gasteiger partial charge in [0.05, 0.1) is 6.07 Å². The maximum Gasteiger partial charge on any atom is 0.411 e. The molecule has 84 valence electrons. The maximum absolute atomic E-state index is 11.7. The van der Waals surface area contributed by atoms with Crippen molar-refractivity contribution in [1.29, 1.82) is 5.26 Å². The topological polar surface area (TPSA) is 65.4 Å². The minimum absolute atomic E-state index is 0.407. The average molecular weight is 211 g/mol. The number of carbonyl (C=O) groups is 1. The molecule has 0 aromatic carbocycles. The summed E-state index contributed by atoms with van der Waals surface area (Å²) in [6.45, 7) is 7.18. The summed E-state index contributed by atoms with van der Waals surface area (Å²) in [6, 6.07) is 1.66. The number of rotatable bonds is 0. The molecule has 0 radical (unpaired) electrons. The first-order valence-electron chi connectivity index (χ1n) is 5.04. The van der Waals surface area contributed by atoms with Gasteiger partial charge in [0.15, 0.2) is 0 Å². The SMILES string of the molecule is CC(C)(C)OC(=O)N1CCNCC1C#N. The number of ether oxygens (including phenoxy) is 1. The van der Waals surface area contributed by atoms with Gasteiger partial charge in [-0.25, -0.2) is 4.79 Å². The lowest BCUT2D eigenvalue weighted by atomic mass is 10.2. The minimum atomic E-state index is -0.512. The van der Waals surface area contributed by atoms with Crippen LogP contribution in [0.25, 0.3) is 0 Å². The molecule has 1 fully saturated rings. The molecular formula is C10H17N3O2. The molecule has 1 aliphatic rings. The second-order valence-corrected chi connectivity index (χ2v) is 4.52. The highest BCUT2D eigenvalue weighted by Crippen LogP contribution is 2.12. The van der Waals surface area contributed by atoms with Crippen molar-refractivity contribution in [3.05, 3.63) is 0 Å². The van der Waals surface area contributed by atoms with Crippen molar-refractivity contribution in [2.75, 3.05) is 19.6 Å². The lowest BCUT2D eigenvalue weighted by Crippen LogP contribution is -2.54. The van der Waals surface area contributed by atoms with E-state index < -0.39 is 17.7 Å². The van der Waals surface area contributed by atoms with Crippen LogP contribution in [0.1, 0.15) is 20.8 Å². The van der Waals surface area contributed by atoms with Gasteiger partial charge in [0.2, 0.25) is 0 Å². The van der Waals surface area contributed by atoms with Crippen LogP contribution in [0.2, 0.25) is 0 Å². The van der Waals surface area contributed by atoms with Gasteiger partial charge in [0.25, 0.3) is 0 Å². The predicted octanol–water partition coefficient (Wildman–Crippen LogP) is 0.719. The van der Waals surface area contributed by atoms with Crippen LogP contribution < -0.4 is 5.32 Å². The molecule has 0 aromatic heterocycles. The monoisotopic (exact) mass is 211 g/mol. The van der Waals surface area contributed by atoms with Crippen LogP contribution >= 0.6 is 0 Å².